The molecule has 0 saturated heterocycles. The van der Waals surface area contributed by atoms with Crippen LogP contribution in [-0.2, 0) is 14.3 Å². The highest BCUT2D eigenvalue weighted by Gasteiger charge is 2.10. The van der Waals surface area contributed by atoms with E-state index in [2.05, 4.69) is 14.7 Å². The Morgan fingerprint density at radius 1 is 0.815 bits per heavy atom. The van der Waals surface area contributed by atoms with Crippen LogP contribution in [0.5, 0.6) is 0 Å². The van der Waals surface area contributed by atoms with Crippen LogP contribution in [0.1, 0.15) is 38.5 Å². The zero-order valence-corrected chi connectivity index (χ0v) is 18.2. The van der Waals surface area contributed by atoms with Gasteiger partial charge < -0.3 is 4.74 Å². The second kappa shape index (κ2) is 23.1. The SMILES string of the molecule is N#COCCCCSCC(CSCCCCN=C=O)SCCCCN=C=O. The Morgan fingerprint density at radius 3 is 1.93 bits per heavy atom. The predicted molar refractivity (Wildman–Crippen MR) is 116 cm³/mol. The topological polar surface area (TPSA) is 91.9 Å². The number of hydrogen-bond donors (Lipinski definition) is 0. The number of thioether (sulfide) groups is 3. The molecule has 0 aromatic carbocycles. The Balaban J connectivity index is 3.89. The highest BCUT2D eigenvalue weighted by atomic mass is 32.2. The number of carbonyl (C=O) groups excluding carboxylic acids is 2. The number of aliphatic imine (C=N–C) groups is 2. The van der Waals surface area contributed by atoms with Gasteiger partial charge in [-0.1, -0.05) is 0 Å². The van der Waals surface area contributed by atoms with E-state index in [1.54, 1.807) is 18.4 Å². The quantitative estimate of drug-likeness (QED) is 0.124. The summed E-state index contributed by atoms with van der Waals surface area (Å²) >= 11 is 5.94. The fourth-order valence-corrected chi connectivity index (χ4v) is 6.14. The first kappa shape index (κ1) is 26.1. The maximum atomic E-state index is 10.1. The van der Waals surface area contributed by atoms with Gasteiger partial charge in [0, 0.05) is 16.8 Å². The van der Waals surface area contributed by atoms with Gasteiger partial charge in [-0.2, -0.15) is 40.5 Å². The van der Waals surface area contributed by atoms with Crippen molar-refractivity contribution in [2.24, 2.45) is 9.98 Å². The molecule has 0 aromatic rings. The van der Waals surface area contributed by atoms with Gasteiger partial charge in [0.1, 0.15) is 6.61 Å². The molecule has 6 nitrogen and oxygen atoms in total. The minimum Gasteiger partial charge on any atom is -0.428 e. The molecule has 152 valence electrons. The van der Waals surface area contributed by atoms with Gasteiger partial charge in [0.25, 0.3) is 6.26 Å². The van der Waals surface area contributed by atoms with E-state index < -0.39 is 0 Å². The summed E-state index contributed by atoms with van der Waals surface area (Å²) in [4.78, 5) is 27.2. The van der Waals surface area contributed by atoms with Crippen molar-refractivity contribution >= 4 is 47.4 Å². The van der Waals surface area contributed by atoms with E-state index >= 15 is 0 Å². The smallest absolute Gasteiger partial charge is 0.286 e. The van der Waals surface area contributed by atoms with Crippen LogP contribution >= 0.6 is 35.3 Å². The van der Waals surface area contributed by atoms with Crippen LogP contribution in [0.4, 0.5) is 0 Å². The van der Waals surface area contributed by atoms with E-state index in [1.807, 2.05) is 35.3 Å². The van der Waals surface area contributed by atoms with E-state index in [0.717, 1.165) is 67.3 Å². The molecule has 0 spiro atoms. The maximum Gasteiger partial charge on any atom is 0.286 e. The van der Waals surface area contributed by atoms with Crippen molar-refractivity contribution in [3.8, 4) is 6.26 Å². The summed E-state index contributed by atoms with van der Waals surface area (Å²) in [7, 11) is 0. The third kappa shape index (κ3) is 21.3. The molecule has 1 unspecified atom stereocenters. The normalized spacial score (nSPS) is 11.1. The van der Waals surface area contributed by atoms with Gasteiger partial charge in [0.05, 0.1) is 13.1 Å². The second-order valence-corrected chi connectivity index (χ2v) is 9.36. The molecule has 0 bridgehead atoms. The highest BCUT2D eigenvalue weighted by Crippen LogP contribution is 2.23. The molecule has 0 rings (SSSR count). The molecule has 0 aliphatic rings. The van der Waals surface area contributed by atoms with Crippen molar-refractivity contribution < 1.29 is 14.3 Å². The lowest BCUT2D eigenvalue weighted by atomic mass is 10.3. The lowest BCUT2D eigenvalue weighted by Gasteiger charge is -2.16. The van der Waals surface area contributed by atoms with Crippen molar-refractivity contribution in [3.05, 3.63) is 0 Å². The molecule has 0 aromatic heterocycles. The summed E-state index contributed by atoms with van der Waals surface area (Å²) < 4.78 is 4.68. The van der Waals surface area contributed by atoms with Crippen LogP contribution in [0, 0.1) is 11.5 Å². The van der Waals surface area contributed by atoms with E-state index in [-0.39, 0.29) is 0 Å². The van der Waals surface area contributed by atoms with Crippen LogP contribution < -0.4 is 0 Å². The molecule has 0 saturated carbocycles. The lowest BCUT2D eigenvalue weighted by molar-refractivity contribution is 0.264. The Bertz CT molecular complexity index is 476. The summed E-state index contributed by atoms with van der Waals surface area (Å²) in [6.45, 7) is 1.67. The highest BCUT2D eigenvalue weighted by molar-refractivity contribution is 8.05. The number of hydrogen-bond acceptors (Lipinski definition) is 9. The van der Waals surface area contributed by atoms with Gasteiger partial charge in [-0.3, -0.25) is 0 Å². The Labute approximate surface area is 175 Å². The van der Waals surface area contributed by atoms with Crippen LogP contribution in [-0.4, -0.2) is 65.9 Å². The van der Waals surface area contributed by atoms with Crippen molar-refractivity contribution in [3.63, 3.8) is 0 Å². The largest absolute Gasteiger partial charge is 0.428 e. The number of nitriles is 1. The van der Waals surface area contributed by atoms with Crippen molar-refractivity contribution in [1.82, 2.24) is 0 Å². The van der Waals surface area contributed by atoms with E-state index in [0.29, 0.717) is 24.9 Å². The zero-order valence-electron chi connectivity index (χ0n) is 15.8. The van der Waals surface area contributed by atoms with Gasteiger partial charge in [-0.15, -0.1) is 0 Å². The molecule has 0 aliphatic carbocycles. The molecular formula is C18H29N3O3S3. The van der Waals surface area contributed by atoms with Crippen LogP contribution in [0.25, 0.3) is 0 Å². The molecule has 0 fully saturated rings. The maximum absolute atomic E-state index is 10.1. The average molecular weight is 432 g/mol. The first-order chi connectivity index (χ1) is 13.3. The van der Waals surface area contributed by atoms with Gasteiger partial charge in [0.15, 0.2) is 0 Å². The molecule has 27 heavy (non-hydrogen) atoms. The third-order valence-corrected chi connectivity index (χ3v) is 7.59. The fraction of sp³-hybridized carbons (Fsp3) is 0.833. The molecule has 0 amide bonds. The van der Waals surface area contributed by atoms with Crippen molar-refractivity contribution in [2.75, 3.05) is 48.5 Å². The summed E-state index contributed by atoms with van der Waals surface area (Å²) in [6, 6.07) is 0. The number of isocyanates is 2. The molecule has 0 N–H and O–H groups in total. The minimum absolute atomic E-state index is 0.516. The van der Waals surface area contributed by atoms with Crippen molar-refractivity contribution in [2.45, 2.75) is 43.8 Å². The fourth-order valence-electron chi connectivity index (χ4n) is 2.03. The third-order valence-electron chi connectivity index (χ3n) is 3.41. The zero-order chi connectivity index (χ0) is 19.8. The number of rotatable bonds is 20. The lowest BCUT2D eigenvalue weighted by Crippen LogP contribution is -2.12. The number of nitrogens with zero attached hydrogens (tertiary/aromatic N) is 3. The molecular weight excluding hydrogens is 402 g/mol. The molecule has 0 radical (unpaired) electrons. The minimum atomic E-state index is 0.516. The van der Waals surface area contributed by atoms with Gasteiger partial charge in [-0.05, 0) is 55.8 Å². The molecule has 0 aliphatic heterocycles. The summed E-state index contributed by atoms with van der Waals surface area (Å²) in [5.41, 5.74) is 0. The predicted octanol–water partition coefficient (Wildman–Crippen LogP) is 4.06. The molecule has 0 heterocycles. The second-order valence-electron chi connectivity index (χ2n) is 5.65. The summed E-state index contributed by atoms with van der Waals surface area (Å²) in [5, 5.41) is 8.94. The van der Waals surface area contributed by atoms with E-state index in [9.17, 15) is 9.59 Å². The average Bonchev–Trinajstić information content (AvgIpc) is 2.68. The standard InChI is InChI=1S/C18H29N3O3S3/c19-15-24-9-3-6-11-26-14-18(27-12-5-2-8-21-17-23)13-25-10-4-1-7-20-16-22/h18H,1-14H2. The molecule has 9 heteroatoms. The van der Waals surface area contributed by atoms with Gasteiger partial charge >= 0.3 is 0 Å². The van der Waals surface area contributed by atoms with Gasteiger partial charge in [-0.25, -0.2) is 19.6 Å². The van der Waals surface area contributed by atoms with E-state index in [4.69, 9.17) is 5.26 Å². The first-order valence-electron chi connectivity index (χ1n) is 9.20. The van der Waals surface area contributed by atoms with Crippen LogP contribution in [0.15, 0.2) is 9.98 Å². The number of unbranched alkanes of at least 4 members (excludes halogenated alkanes) is 3. The van der Waals surface area contributed by atoms with Crippen molar-refractivity contribution in [1.29, 1.82) is 5.26 Å². The Hall–Kier alpha value is -0.900. The number of ether oxygens (including phenoxy) is 1. The summed E-state index contributed by atoms with van der Waals surface area (Å²) in [5.74, 6) is 5.52. The van der Waals surface area contributed by atoms with Gasteiger partial charge in [0.2, 0.25) is 12.2 Å². The van der Waals surface area contributed by atoms with Crippen LogP contribution in [0.3, 0.4) is 0 Å². The molecule has 1 atom stereocenters. The van der Waals surface area contributed by atoms with E-state index in [1.165, 1.54) is 0 Å². The Morgan fingerprint density at radius 2 is 1.37 bits per heavy atom. The van der Waals surface area contributed by atoms with Crippen LogP contribution in [0.2, 0.25) is 0 Å². The Kier molecular flexibility index (Phi) is 22.4. The summed E-state index contributed by atoms with van der Waals surface area (Å²) in [6.07, 6.45) is 10.9. The first-order valence-corrected chi connectivity index (χ1v) is 12.6. The monoisotopic (exact) mass is 431 g/mol.